The molecule has 1 fully saturated rings. The van der Waals surface area contributed by atoms with Crippen molar-refractivity contribution in [3.8, 4) is 0 Å². The fourth-order valence-electron chi connectivity index (χ4n) is 1.90. The number of carbonyl (C=O) groups is 1. The molecule has 1 aliphatic heterocycles. The number of nitrogens with one attached hydrogen (secondary N) is 3. The van der Waals surface area contributed by atoms with E-state index in [-0.39, 0.29) is 12.6 Å². The molecule has 0 aromatic heterocycles. The highest BCUT2D eigenvalue weighted by molar-refractivity contribution is 5.66. The molecule has 18 heavy (non-hydrogen) atoms. The van der Waals surface area contributed by atoms with Gasteiger partial charge in [0.1, 0.15) is 6.61 Å². The maximum atomic E-state index is 11.4. The molecular formula is C13H19N3O2. The van der Waals surface area contributed by atoms with E-state index in [9.17, 15) is 4.79 Å². The van der Waals surface area contributed by atoms with Crippen LogP contribution in [0.4, 0.5) is 4.79 Å². The summed E-state index contributed by atoms with van der Waals surface area (Å²) >= 11 is 0. The minimum absolute atomic E-state index is 0.281. The molecule has 1 atom stereocenters. The Kier molecular flexibility index (Phi) is 4.99. The number of carbonyl (C=O) groups excluding carboxylic acids is 1. The Bertz CT molecular complexity index is 364. The smallest absolute Gasteiger partial charge is 0.421 e. The third-order valence-electron chi connectivity index (χ3n) is 2.89. The number of hydrazine groups is 1. The highest BCUT2D eigenvalue weighted by Crippen LogP contribution is 2.01. The Morgan fingerprint density at radius 1 is 1.39 bits per heavy atom. The quantitative estimate of drug-likeness (QED) is 0.701. The van der Waals surface area contributed by atoms with Crippen LogP contribution in [0.2, 0.25) is 0 Å². The van der Waals surface area contributed by atoms with E-state index < -0.39 is 6.09 Å². The predicted octanol–water partition coefficient (Wildman–Crippen LogP) is 1.17. The predicted molar refractivity (Wildman–Crippen MR) is 68.8 cm³/mol. The molecule has 5 nitrogen and oxygen atoms in total. The van der Waals surface area contributed by atoms with Gasteiger partial charge in [0, 0.05) is 12.6 Å². The molecule has 1 amide bonds. The Labute approximate surface area is 107 Å². The summed E-state index contributed by atoms with van der Waals surface area (Å²) in [6.45, 7) is 2.22. The van der Waals surface area contributed by atoms with E-state index in [1.54, 1.807) is 0 Å². The number of piperidine rings is 1. The van der Waals surface area contributed by atoms with Crippen molar-refractivity contribution in [2.24, 2.45) is 0 Å². The van der Waals surface area contributed by atoms with E-state index in [0.29, 0.717) is 0 Å². The molecular weight excluding hydrogens is 230 g/mol. The molecule has 0 unspecified atom stereocenters. The Morgan fingerprint density at radius 2 is 2.22 bits per heavy atom. The highest BCUT2D eigenvalue weighted by atomic mass is 16.6. The first kappa shape index (κ1) is 12.9. The zero-order chi connectivity index (χ0) is 12.6. The molecule has 0 saturated carbocycles. The molecule has 1 saturated heterocycles. The second kappa shape index (κ2) is 6.98. The Hall–Kier alpha value is -1.59. The summed E-state index contributed by atoms with van der Waals surface area (Å²) < 4.78 is 5.09. The van der Waals surface area contributed by atoms with Crippen LogP contribution in [0.15, 0.2) is 30.3 Å². The molecule has 5 heteroatoms. The van der Waals surface area contributed by atoms with Gasteiger partial charge in [-0.1, -0.05) is 30.3 Å². The zero-order valence-corrected chi connectivity index (χ0v) is 10.3. The van der Waals surface area contributed by atoms with E-state index in [2.05, 4.69) is 16.2 Å². The molecule has 1 aromatic carbocycles. The van der Waals surface area contributed by atoms with Crippen molar-refractivity contribution in [3.63, 3.8) is 0 Å². The summed E-state index contributed by atoms with van der Waals surface area (Å²) in [5, 5.41) is 3.26. The number of hydrogen-bond donors (Lipinski definition) is 3. The SMILES string of the molecule is O=C(NN[C@H]1CCCNC1)OCc1ccccc1. The molecule has 2 rings (SSSR count). The second-order valence-corrected chi connectivity index (χ2v) is 4.37. The average Bonchev–Trinajstić information content (AvgIpc) is 2.45. The van der Waals surface area contributed by atoms with Gasteiger partial charge in [-0.2, -0.15) is 0 Å². The molecule has 0 bridgehead atoms. The minimum Gasteiger partial charge on any atom is -0.444 e. The minimum atomic E-state index is -0.440. The lowest BCUT2D eigenvalue weighted by Crippen LogP contribution is -2.51. The number of rotatable bonds is 4. The first-order chi connectivity index (χ1) is 8.84. The van der Waals surface area contributed by atoms with Crippen LogP contribution in [0.25, 0.3) is 0 Å². The molecule has 0 radical (unpaired) electrons. The van der Waals surface area contributed by atoms with Gasteiger partial charge in [0.25, 0.3) is 0 Å². The fourth-order valence-corrected chi connectivity index (χ4v) is 1.90. The lowest BCUT2D eigenvalue weighted by molar-refractivity contribution is 0.131. The van der Waals surface area contributed by atoms with E-state index >= 15 is 0 Å². The molecule has 98 valence electrons. The number of amides is 1. The highest BCUT2D eigenvalue weighted by Gasteiger charge is 2.13. The van der Waals surface area contributed by atoms with Gasteiger partial charge in [-0.15, -0.1) is 0 Å². The summed E-state index contributed by atoms with van der Waals surface area (Å²) in [5.41, 5.74) is 6.52. The maximum absolute atomic E-state index is 11.4. The van der Waals surface area contributed by atoms with Crippen molar-refractivity contribution in [2.45, 2.75) is 25.5 Å². The van der Waals surface area contributed by atoms with Crippen molar-refractivity contribution in [1.29, 1.82) is 0 Å². The van der Waals surface area contributed by atoms with Crippen LogP contribution in [0.5, 0.6) is 0 Å². The largest absolute Gasteiger partial charge is 0.444 e. The van der Waals surface area contributed by atoms with Crippen LogP contribution in [0.1, 0.15) is 18.4 Å². The standard InChI is InChI=1S/C13H19N3O2/c17-13(16-15-12-7-4-8-14-9-12)18-10-11-5-2-1-3-6-11/h1-3,5-6,12,14-15H,4,7-10H2,(H,16,17)/t12-/m0/s1. The normalized spacial score (nSPS) is 19.2. The average molecular weight is 249 g/mol. The van der Waals surface area contributed by atoms with Crippen molar-refractivity contribution < 1.29 is 9.53 Å². The van der Waals surface area contributed by atoms with E-state index in [1.165, 1.54) is 0 Å². The van der Waals surface area contributed by atoms with Gasteiger partial charge in [0.15, 0.2) is 0 Å². The number of benzene rings is 1. The van der Waals surface area contributed by atoms with Gasteiger partial charge >= 0.3 is 6.09 Å². The third-order valence-corrected chi connectivity index (χ3v) is 2.89. The topological polar surface area (TPSA) is 62.4 Å². The van der Waals surface area contributed by atoms with Gasteiger partial charge in [-0.25, -0.2) is 10.2 Å². The van der Waals surface area contributed by atoms with Gasteiger partial charge in [0.05, 0.1) is 0 Å². The van der Waals surface area contributed by atoms with Crippen LogP contribution < -0.4 is 16.2 Å². The van der Waals surface area contributed by atoms with Crippen molar-refractivity contribution in [3.05, 3.63) is 35.9 Å². The zero-order valence-electron chi connectivity index (χ0n) is 10.3. The van der Waals surface area contributed by atoms with Gasteiger partial charge in [-0.05, 0) is 24.9 Å². The second-order valence-electron chi connectivity index (χ2n) is 4.37. The Balaban J connectivity index is 1.63. The Morgan fingerprint density at radius 3 is 2.94 bits per heavy atom. The summed E-state index contributed by atoms with van der Waals surface area (Å²) in [5.74, 6) is 0. The van der Waals surface area contributed by atoms with E-state index in [0.717, 1.165) is 31.5 Å². The summed E-state index contributed by atoms with van der Waals surface area (Å²) in [6, 6.07) is 9.90. The van der Waals surface area contributed by atoms with Gasteiger partial charge < -0.3 is 10.1 Å². The van der Waals surface area contributed by atoms with Crippen molar-refractivity contribution in [1.82, 2.24) is 16.2 Å². The molecule has 1 heterocycles. The van der Waals surface area contributed by atoms with Crippen molar-refractivity contribution >= 4 is 6.09 Å². The fraction of sp³-hybridized carbons (Fsp3) is 0.462. The van der Waals surface area contributed by atoms with Gasteiger partial charge in [0.2, 0.25) is 0 Å². The van der Waals surface area contributed by atoms with Crippen LogP contribution in [0.3, 0.4) is 0 Å². The maximum Gasteiger partial charge on any atom is 0.421 e. The van der Waals surface area contributed by atoms with Gasteiger partial charge in [-0.3, -0.25) is 5.43 Å². The molecule has 1 aliphatic rings. The summed E-state index contributed by atoms with van der Waals surface area (Å²) in [4.78, 5) is 11.4. The van der Waals surface area contributed by atoms with Crippen LogP contribution in [0, 0.1) is 0 Å². The number of hydrogen-bond acceptors (Lipinski definition) is 4. The van der Waals surface area contributed by atoms with E-state index in [4.69, 9.17) is 4.74 Å². The molecule has 0 aliphatic carbocycles. The molecule has 1 aromatic rings. The summed E-state index contributed by atoms with van der Waals surface area (Å²) in [7, 11) is 0. The van der Waals surface area contributed by atoms with Crippen LogP contribution >= 0.6 is 0 Å². The lowest BCUT2D eigenvalue weighted by atomic mass is 10.1. The summed E-state index contributed by atoms with van der Waals surface area (Å²) in [6.07, 6.45) is 1.74. The van der Waals surface area contributed by atoms with E-state index in [1.807, 2.05) is 30.3 Å². The monoisotopic (exact) mass is 249 g/mol. The first-order valence-corrected chi connectivity index (χ1v) is 6.27. The molecule has 3 N–H and O–H groups in total. The van der Waals surface area contributed by atoms with Crippen LogP contribution in [-0.2, 0) is 11.3 Å². The molecule has 0 spiro atoms. The lowest BCUT2D eigenvalue weighted by Gasteiger charge is -2.23. The van der Waals surface area contributed by atoms with Crippen molar-refractivity contribution in [2.75, 3.05) is 13.1 Å². The van der Waals surface area contributed by atoms with Crippen LogP contribution in [-0.4, -0.2) is 25.2 Å². The number of ether oxygens (including phenoxy) is 1. The first-order valence-electron chi connectivity index (χ1n) is 6.27. The third kappa shape index (κ3) is 4.35.